The summed E-state index contributed by atoms with van der Waals surface area (Å²) in [7, 11) is 5.77. The molecule has 146 valence electrons. The molecule has 0 aliphatic carbocycles. The Morgan fingerprint density at radius 1 is 1.11 bits per heavy atom. The van der Waals surface area contributed by atoms with Gasteiger partial charge in [-0.1, -0.05) is 0 Å². The molecule has 0 aliphatic rings. The number of hydrogen-bond acceptors (Lipinski definition) is 4. The van der Waals surface area contributed by atoms with Crippen molar-refractivity contribution in [3.05, 3.63) is 47.8 Å². The van der Waals surface area contributed by atoms with Gasteiger partial charge in [-0.15, -0.1) is 0 Å². The minimum Gasteiger partial charge on any atom is -0.508 e. The average Bonchev–Trinajstić information content (AvgIpc) is 2.94. The number of carbonyl (C=O) groups excluding carboxylic acids is 1. The van der Waals surface area contributed by atoms with Gasteiger partial charge in [0.1, 0.15) is 11.4 Å². The maximum atomic E-state index is 12.4. The zero-order valence-corrected chi connectivity index (χ0v) is 16.9. The molecule has 0 radical (unpaired) electrons. The number of pyridine rings is 1. The van der Waals surface area contributed by atoms with Gasteiger partial charge in [0.25, 0.3) is 5.91 Å². The SMILES string of the molecule is CCNC(=O)c1nccc2c(C)c3c(cc12)c1cc(O)ccc1n3C.CNC. The first-order chi connectivity index (χ1) is 13.4. The van der Waals surface area contributed by atoms with E-state index in [1.807, 2.05) is 46.3 Å². The number of aromatic hydroxyl groups is 1. The lowest BCUT2D eigenvalue weighted by atomic mass is 10.00. The second-order valence-electron chi connectivity index (χ2n) is 6.77. The molecule has 0 unspecified atom stereocenters. The van der Waals surface area contributed by atoms with Gasteiger partial charge in [0.15, 0.2) is 0 Å². The third-order valence-electron chi connectivity index (χ3n) is 4.81. The standard InChI is InChI=1S/C20H19N3O2.C2H7N/c1-4-21-20(25)18-15-10-16-14-9-12(24)5-6-17(14)23(3)19(16)11(2)13(15)7-8-22-18;1-3-2/h5-10,24H,4H2,1-3H3,(H,21,25);3H,1-2H3. The Balaban J connectivity index is 0.000000706. The van der Waals surface area contributed by atoms with Crippen LogP contribution in [0.3, 0.4) is 0 Å². The van der Waals surface area contributed by atoms with Gasteiger partial charge in [-0.05, 0) is 69.2 Å². The number of carbonyl (C=O) groups is 1. The highest BCUT2D eigenvalue weighted by molar-refractivity contribution is 6.17. The van der Waals surface area contributed by atoms with E-state index < -0.39 is 0 Å². The zero-order valence-electron chi connectivity index (χ0n) is 16.9. The summed E-state index contributed by atoms with van der Waals surface area (Å²) in [4.78, 5) is 16.7. The van der Waals surface area contributed by atoms with Crippen LogP contribution in [-0.2, 0) is 7.05 Å². The molecule has 2 aromatic carbocycles. The molecule has 0 atom stereocenters. The van der Waals surface area contributed by atoms with Crippen LogP contribution in [0, 0.1) is 6.92 Å². The molecule has 0 spiro atoms. The molecule has 1 amide bonds. The molecule has 6 heteroatoms. The van der Waals surface area contributed by atoms with Crippen molar-refractivity contribution >= 4 is 38.5 Å². The minimum atomic E-state index is -0.171. The van der Waals surface area contributed by atoms with E-state index in [0.29, 0.717) is 12.2 Å². The van der Waals surface area contributed by atoms with Gasteiger partial charge in [0.2, 0.25) is 0 Å². The van der Waals surface area contributed by atoms with Crippen molar-refractivity contribution in [2.45, 2.75) is 13.8 Å². The van der Waals surface area contributed by atoms with Crippen LogP contribution in [0.15, 0.2) is 36.5 Å². The summed E-state index contributed by atoms with van der Waals surface area (Å²) < 4.78 is 2.13. The van der Waals surface area contributed by atoms with E-state index >= 15 is 0 Å². The lowest BCUT2D eigenvalue weighted by molar-refractivity contribution is 0.0952. The van der Waals surface area contributed by atoms with Crippen LogP contribution >= 0.6 is 0 Å². The fourth-order valence-electron chi connectivity index (χ4n) is 3.70. The summed E-state index contributed by atoms with van der Waals surface area (Å²) in [6.07, 6.45) is 1.68. The Bertz CT molecular complexity index is 1180. The third kappa shape index (κ3) is 3.16. The van der Waals surface area contributed by atoms with E-state index in [4.69, 9.17) is 0 Å². The second kappa shape index (κ2) is 7.86. The van der Waals surface area contributed by atoms with E-state index in [-0.39, 0.29) is 11.7 Å². The molecule has 0 saturated heterocycles. The molecule has 3 N–H and O–H groups in total. The molecular weight excluding hydrogens is 352 g/mol. The summed E-state index contributed by atoms with van der Waals surface area (Å²) in [5.74, 6) is 0.0582. The van der Waals surface area contributed by atoms with Gasteiger partial charge in [-0.25, -0.2) is 0 Å². The number of aryl methyl sites for hydroxylation is 2. The summed E-state index contributed by atoms with van der Waals surface area (Å²) >= 11 is 0. The molecule has 2 aromatic heterocycles. The van der Waals surface area contributed by atoms with Crippen molar-refractivity contribution in [1.82, 2.24) is 20.2 Å². The molecule has 4 rings (SSSR count). The molecule has 4 aromatic rings. The molecule has 0 aliphatic heterocycles. The van der Waals surface area contributed by atoms with Crippen molar-refractivity contribution in [2.75, 3.05) is 20.6 Å². The van der Waals surface area contributed by atoms with E-state index in [1.165, 1.54) is 0 Å². The van der Waals surface area contributed by atoms with Crippen molar-refractivity contribution < 1.29 is 9.90 Å². The number of nitrogens with zero attached hydrogens (tertiary/aromatic N) is 2. The number of benzene rings is 2. The Morgan fingerprint density at radius 3 is 2.50 bits per heavy atom. The predicted molar refractivity (Wildman–Crippen MR) is 115 cm³/mol. The number of hydrogen-bond donors (Lipinski definition) is 3. The number of phenolic OH excluding ortho intramolecular Hbond substituents is 1. The maximum absolute atomic E-state index is 12.4. The molecule has 0 bridgehead atoms. The van der Waals surface area contributed by atoms with E-state index in [0.717, 1.165) is 38.1 Å². The average molecular weight is 378 g/mol. The maximum Gasteiger partial charge on any atom is 0.270 e. The highest BCUT2D eigenvalue weighted by atomic mass is 16.3. The Labute approximate surface area is 164 Å². The summed E-state index contributed by atoms with van der Waals surface area (Å²) in [5, 5.41) is 19.3. The molecule has 0 saturated carbocycles. The fourth-order valence-corrected chi connectivity index (χ4v) is 3.70. The van der Waals surface area contributed by atoms with Gasteiger partial charge in [-0.3, -0.25) is 9.78 Å². The van der Waals surface area contributed by atoms with Crippen molar-refractivity contribution in [3.63, 3.8) is 0 Å². The van der Waals surface area contributed by atoms with Crippen LogP contribution in [0.2, 0.25) is 0 Å². The zero-order chi connectivity index (χ0) is 20.4. The van der Waals surface area contributed by atoms with E-state index in [2.05, 4.69) is 27.1 Å². The van der Waals surface area contributed by atoms with Crippen molar-refractivity contribution in [3.8, 4) is 5.75 Å². The first-order valence-electron chi connectivity index (χ1n) is 9.30. The van der Waals surface area contributed by atoms with Crippen LogP contribution in [0.25, 0.3) is 32.6 Å². The monoisotopic (exact) mass is 378 g/mol. The van der Waals surface area contributed by atoms with Gasteiger partial charge in [-0.2, -0.15) is 0 Å². The number of aromatic nitrogens is 2. The van der Waals surface area contributed by atoms with Crippen LogP contribution in [-0.4, -0.2) is 41.2 Å². The Hall–Kier alpha value is -3.12. The number of phenols is 1. The van der Waals surface area contributed by atoms with Crippen molar-refractivity contribution in [1.29, 1.82) is 0 Å². The van der Waals surface area contributed by atoms with Crippen molar-refractivity contribution in [2.24, 2.45) is 7.05 Å². The normalized spacial score (nSPS) is 10.9. The number of fused-ring (bicyclic) bond motifs is 4. The Kier molecular flexibility index (Phi) is 5.51. The van der Waals surface area contributed by atoms with Gasteiger partial charge in [0.05, 0.1) is 5.52 Å². The minimum absolute atomic E-state index is 0.171. The number of nitrogens with one attached hydrogen (secondary N) is 2. The topological polar surface area (TPSA) is 79.2 Å². The first-order valence-corrected chi connectivity index (χ1v) is 9.30. The molecule has 28 heavy (non-hydrogen) atoms. The van der Waals surface area contributed by atoms with Crippen LogP contribution < -0.4 is 10.6 Å². The van der Waals surface area contributed by atoms with Crippen LogP contribution in [0.4, 0.5) is 0 Å². The lowest BCUT2D eigenvalue weighted by Crippen LogP contribution is -2.24. The van der Waals surface area contributed by atoms with Gasteiger partial charge in [0, 0.05) is 41.5 Å². The smallest absolute Gasteiger partial charge is 0.270 e. The predicted octanol–water partition coefficient (Wildman–Crippen LogP) is 3.48. The van der Waals surface area contributed by atoms with E-state index in [9.17, 15) is 9.90 Å². The molecule has 6 nitrogen and oxygen atoms in total. The summed E-state index contributed by atoms with van der Waals surface area (Å²) in [5.41, 5.74) is 3.67. The van der Waals surface area contributed by atoms with E-state index in [1.54, 1.807) is 18.3 Å². The quantitative estimate of drug-likeness (QED) is 0.499. The second-order valence-corrected chi connectivity index (χ2v) is 6.77. The Morgan fingerprint density at radius 2 is 1.82 bits per heavy atom. The van der Waals surface area contributed by atoms with Gasteiger partial charge >= 0.3 is 0 Å². The highest BCUT2D eigenvalue weighted by Crippen LogP contribution is 2.36. The summed E-state index contributed by atoms with van der Waals surface area (Å²) in [6.45, 7) is 4.51. The first kappa shape index (κ1) is 19.6. The number of amides is 1. The van der Waals surface area contributed by atoms with Crippen LogP contribution in [0.5, 0.6) is 5.75 Å². The summed E-state index contributed by atoms with van der Waals surface area (Å²) in [6, 6.07) is 9.33. The number of rotatable bonds is 2. The lowest BCUT2D eigenvalue weighted by Gasteiger charge is -2.10. The molecule has 0 fully saturated rings. The third-order valence-corrected chi connectivity index (χ3v) is 4.81. The fraction of sp³-hybridized carbons (Fsp3) is 0.273. The largest absolute Gasteiger partial charge is 0.508 e. The molecule has 2 heterocycles. The van der Waals surface area contributed by atoms with Crippen LogP contribution in [0.1, 0.15) is 23.0 Å². The highest BCUT2D eigenvalue weighted by Gasteiger charge is 2.17. The van der Waals surface area contributed by atoms with Gasteiger partial charge < -0.3 is 20.3 Å². The molecular formula is C22H26N4O2.